The van der Waals surface area contributed by atoms with Crippen LogP contribution in [0, 0.1) is 23.2 Å². The molecule has 0 heterocycles. The summed E-state index contributed by atoms with van der Waals surface area (Å²) < 4.78 is 5.31. The number of aliphatic hydroxyl groups excluding tert-OH is 1. The third-order valence-corrected chi connectivity index (χ3v) is 10.5. The SMILES string of the molecule is COc1ccc(CCc2ccc(C)c3c2CC2(C)CC4(C)CC(C)=C(C(C)=O)C(=O)C4(C)C(C)=C2C3O)cc1. The van der Waals surface area contributed by atoms with Crippen molar-refractivity contribution in [1.29, 1.82) is 0 Å². The van der Waals surface area contributed by atoms with Gasteiger partial charge in [-0.25, -0.2) is 0 Å². The lowest BCUT2D eigenvalue weighted by Crippen LogP contribution is -2.57. The molecular weight excluding hydrogens is 484 g/mol. The lowest BCUT2D eigenvalue weighted by Gasteiger charge is -2.60. The third-order valence-electron chi connectivity index (χ3n) is 10.5. The fourth-order valence-corrected chi connectivity index (χ4v) is 8.52. The fraction of sp³-hybridized carbons (Fsp3) is 0.486. The number of aryl methyl sites for hydroxylation is 3. The highest BCUT2D eigenvalue weighted by Gasteiger charge is 2.63. The number of carbonyl (C=O) groups excluding carboxylic acids is 2. The highest BCUT2D eigenvalue weighted by molar-refractivity contribution is 6.23. The summed E-state index contributed by atoms with van der Waals surface area (Å²) in [6.07, 6.45) is 3.39. The molecule has 2 aromatic carbocycles. The van der Waals surface area contributed by atoms with Gasteiger partial charge in [-0.3, -0.25) is 9.59 Å². The van der Waals surface area contributed by atoms with Crippen LogP contribution in [0.4, 0.5) is 0 Å². The Hall–Kier alpha value is -2.98. The van der Waals surface area contributed by atoms with Gasteiger partial charge < -0.3 is 9.84 Å². The van der Waals surface area contributed by atoms with Crippen molar-refractivity contribution >= 4 is 11.6 Å². The first-order valence-corrected chi connectivity index (χ1v) is 14.2. The number of hydrogen-bond acceptors (Lipinski definition) is 4. The first-order valence-electron chi connectivity index (χ1n) is 14.2. The van der Waals surface area contributed by atoms with Crippen LogP contribution < -0.4 is 4.74 Å². The predicted molar refractivity (Wildman–Crippen MR) is 155 cm³/mol. The Morgan fingerprint density at radius 1 is 1.00 bits per heavy atom. The highest BCUT2D eigenvalue weighted by Crippen LogP contribution is 2.67. The number of methoxy groups -OCH3 is 1. The Morgan fingerprint density at radius 3 is 2.28 bits per heavy atom. The average Bonchev–Trinajstić information content (AvgIpc) is 2.85. The van der Waals surface area contributed by atoms with E-state index in [1.165, 1.54) is 23.6 Å². The second-order valence-electron chi connectivity index (χ2n) is 13.0. The van der Waals surface area contributed by atoms with Gasteiger partial charge in [0.15, 0.2) is 11.6 Å². The van der Waals surface area contributed by atoms with Gasteiger partial charge in [-0.05, 0) is 123 Å². The zero-order valence-corrected chi connectivity index (χ0v) is 24.7. The van der Waals surface area contributed by atoms with E-state index in [4.69, 9.17) is 4.74 Å². The zero-order chi connectivity index (χ0) is 28.5. The summed E-state index contributed by atoms with van der Waals surface area (Å²) in [6, 6.07) is 12.6. The maximum Gasteiger partial charge on any atom is 0.176 e. The van der Waals surface area contributed by atoms with Crippen LogP contribution in [0.15, 0.2) is 58.7 Å². The molecule has 0 fully saturated rings. The van der Waals surface area contributed by atoms with Crippen LogP contribution in [-0.4, -0.2) is 23.8 Å². The molecule has 4 nitrogen and oxygen atoms in total. The van der Waals surface area contributed by atoms with Gasteiger partial charge in [0, 0.05) is 0 Å². The smallest absolute Gasteiger partial charge is 0.176 e. The van der Waals surface area contributed by atoms with E-state index < -0.39 is 11.5 Å². The van der Waals surface area contributed by atoms with Crippen LogP contribution >= 0.6 is 0 Å². The van der Waals surface area contributed by atoms with Crippen molar-refractivity contribution in [2.24, 2.45) is 16.2 Å². The molecule has 0 amide bonds. The van der Waals surface area contributed by atoms with E-state index in [1.807, 2.05) is 32.9 Å². The molecule has 4 atom stereocenters. The molecule has 4 heteroatoms. The number of allylic oxidation sites excluding steroid dienone is 3. The molecule has 0 bridgehead atoms. The van der Waals surface area contributed by atoms with Crippen molar-refractivity contribution in [2.75, 3.05) is 7.11 Å². The van der Waals surface area contributed by atoms with Crippen molar-refractivity contribution in [1.82, 2.24) is 0 Å². The van der Waals surface area contributed by atoms with E-state index >= 15 is 0 Å². The molecule has 3 aliphatic carbocycles. The number of fused-ring (bicyclic) bond motifs is 3. The van der Waals surface area contributed by atoms with Gasteiger partial charge in [0.05, 0.1) is 18.1 Å². The van der Waals surface area contributed by atoms with E-state index in [-0.39, 0.29) is 22.4 Å². The first-order chi connectivity index (χ1) is 18.3. The Kier molecular flexibility index (Phi) is 6.58. The Labute approximate surface area is 233 Å². The molecule has 1 N–H and O–H groups in total. The molecule has 0 aliphatic heterocycles. The molecule has 3 aliphatic rings. The van der Waals surface area contributed by atoms with Crippen LogP contribution in [0.1, 0.15) is 88.3 Å². The van der Waals surface area contributed by atoms with Gasteiger partial charge >= 0.3 is 0 Å². The van der Waals surface area contributed by atoms with E-state index in [9.17, 15) is 14.7 Å². The van der Waals surface area contributed by atoms with Crippen LogP contribution in [0.2, 0.25) is 0 Å². The van der Waals surface area contributed by atoms with Gasteiger partial charge in [0.1, 0.15) is 11.9 Å². The lowest BCUT2D eigenvalue weighted by molar-refractivity contribution is -0.135. The van der Waals surface area contributed by atoms with Crippen LogP contribution in [0.5, 0.6) is 5.75 Å². The summed E-state index contributed by atoms with van der Waals surface area (Å²) in [5.74, 6) is 0.631. The normalized spacial score (nSPS) is 30.1. The van der Waals surface area contributed by atoms with Gasteiger partial charge in [0.2, 0.25) is 0 Å². The number of carbonyl (C=O) groups is 2. The summed E-state index contributed by atoms with van der Waals surface area (Å²) in [5.41, 5.74) is 7.68. The molecule has 0 radical (unpaired) electrons. The highest BCUT2D eigenvalue weighted by atomic mass is 16.5. The van der Waals surface area contributed by atoms with Crippen molar-refractivity contribution < 1.29 is 19.4 Å². The molecule has 4 unspecified atom stereocenters. The molecule has 2 aromatic rings. The number of benzene rings is 2. The number of ketones is 2. The minimum Gasteiger partial charge on any atom is -0.497 e. The predicted octanol–water partition coefficient (Wildman–Crippen LogP) is 7.00. The lowest BCUT2D eigenvalue weighted by atomic mass is 9.42. The molecular formula is C35H42O4. The van der Waals surface area contributed by atoms with Crippen molar-refractivity contribution in [3.8, 4) is 5.75 Å². The van der Waals surface area contributed by atoms with E-state index in [0.717, 1.165) is 59.3 Å². The quantitative estimate of drug-likeness (QED) is 0.337. The number of aliphatic hydroxyl groups is 1. The van der Waals surface area contributed by atoms with Gasteiger partial charge in [-0.2, -0.15) is 0 Å². The molecule has 0 aromatic heterocycles. The van der Waals surface area contributed by atoms with Crippen LogP contribution in [0.3, 0.4) is 0 Å². The topological polar surface area (TPSA) is 63.6 Å². The van der Waals surface area contributed by atoms with Crippen molar-refractivity contribution in [2.45, 2.75) is 86.7 Å². The average molecular weight is 527 g/mol. The number of ether oxygens (including phenoxy) is 1. The van der Waals surface area contributed by atoms with E-state index in [0.29, 0.717) is 12.0 Å². The molecule has 5 rings (SSSR count). The number of Topliss-reactive ketones (excluding diaryl/α,β-unsaturated/α-hetero) is 2. The standard InChI is InChI=1S/C35H42O4/c1-20-9-13-25(14-10-24-11-15-26(39-8)16-12-24)27-18-33(5)19-34(6)17-21(2)28(23(4)36)32(38)35(34,7)22(3)30(33)31(37)29(20)27/h9,11-13,15-16,31,37H,10,14,17-19H2,1-8H3. The Bertz CT molecular complexity index is 1440. The van der Waals surface area contributed by atoms with Gasteiger partial charge in [-0.15, -0.1) is 0 Å². The van der Waals surface area contributed by atoms with E-state index in [2.05, 4.69) is 45.0 Å². The second kappa shape index (κ2) is 9.30. The van der Waals surface area contributed by atoms with Crippen molar-refractivity contribution in [3.63, 3.8) is 0 Å². The maximum atomic E-state index is 14.1. The molecule has 206 valence electrons. The summed E-state index contributed by atoms with van der Waals surface area (Å²) >= 11 is 0. The minimum atomic E-state index is -0.819. The Morgan fingerprint density at radius 2 is 1.67 bits per heavy atom. The second-order valence-corrected chi connectivity index (χ2v) is 13.0. The number of rotatable bonds is 5. The first kappa shape index (κ1) is 27.6. The summed E-state index contributed by atoms with van der Waals surface area (Å²) in [6.45, 7) is 14.1. The largest absolute Gasteiger partial charge is 0.497 e. The van der Waals surface area contributed by atoms with Crippen LogP contribution in [0.25, 0.3) is 0 Å². The zero-order valence-electron chi connectivity index (χ0n) is 24.7. The summed E-state index contributed by atoms with van der Waals surface area (Å²) in [7, 11) is 1.68. The number of hydrogen-bond donors (Lipinski definition) is 1. The third kappa shape index (κ3) is 3.97. The van der Waals surface area contributed by atoms with Gasteiger partial charge in [-0.1, -0.05) is 49.3 Å². The monoisotopic (exact) mass is 526 g/mol. The minimum absolute atomic E-state index is 0.0729. The Balaban J connectivity index is 1.60. The van der Waals surface area contributed by atoms with Crippen LogP contribution in [-0.2, 0) is 28.9 Å². The molecule has 0 spiro atoms. The molecule has 0 saturated heterocycles. The van der Waals surface area contributed by atoms with E-state index in [1.54, 1.807) is 7.11 Å². The van der Waals surface area contributed by atoms with Crippen molar-refractivity contribution in [3.05, 3.63) is 86.5 Å². The molecule has 39 heavy (non-hydrogen) atoms. The fourth-order valence-electron chi connectivity index (χ4n) is 8.52. The summed E-state index contributed by atoms with van der Waals surface area (Å²) in [5, 5.41) is 12.1. The van der Waals surface area contributed by atoms with Gasteiger partial charge in [0.25, 0.3) is 0 Å². The maximum absolute atomic E-state index is 14.1. The molecule has 0 saturated carbocycles. The summed E-state index contributed by atoms with van der Waals surface area (Å²) in [4.78, 5) is 26.6.